The van der Waals surface area contributed by atoms with Gasteiger partial charge in [0.2, 0.25) is 0 Å². The SMILES string of the molecule is FN1CN(NCCCCNC[C@@H]2CCN2)C(Br)S1. The van der Waals surface area contributed by atoms with Crippen LogP contribution in [0.4, 0.5) is 4.48 Å². The van der Waals surface area contributed by atoms with E-state index in [9.17, 15) is 4.48 Å². The summed E-state index contributed by atoms with van der Waals surface area (Å²) in [5.41, 5.74) is 3.23. The molecule has 0 spiro atoms. The molecule has 5 nitrogen and oxygen atoms in total. The van der Waals surface area contributed by atoms with Crippen LogP contribution in [0.3, 0.4) is 0 Å². The van der Waals surface area contributed by atoms with Crippen molar-refractivity contribution in [1.29, 1.82) is 0 Å². The number of rotatable bonds is 8. The fraction of sp³-hybridized carbons (Fsp3) is 1.00. The van der Waals surface area contributed by atoms with Crippen molar-refractivity contribution in [1.82, 2.24) is 25.6 Å². The van der Waals surface area contributed by atoms with Gasteiger partial charge in [0.05, 0.1) is 0 Å². The molecule has 2 aliphatic rings. The Morgan fingerprint density at radius 1 is 1.39 bits per heavy atom. The van der Waals surface area contributed by atoms with Crippen LogP contribution in [0.1, 0.15) is 19.3 Å². The number of hydrogen-bond donors (Lipinski definition) is 3. The van der Waals surface area contributed by atoms with Gasteiger partial charge in [0.1, 0.15) is 11.0 Å². The van der Waals surface area contributed by atoms with E-state index in [1.165, 1.54) is 13.0 Å². The van der Waals surface area contributed by atoms with Gasteiger partial charge in [-0.2, -0.15) is 0 Å². The van der Waals surface area contributed by atoms with Gasteiger partial charge in [-0.15, -0.1) is 4.48 Å². The summed E-state index contributed by atoms with van der Waals surface area (Å²) in [5.74, 6) is 0. The first kappa shape index (κ1) is 15.0. The standard InChI is InChI=1S/C10H21BrFN5S/c11-10-16(8-17(12)18-10)15-5-2-1-4-13-7-9-3-6-14-9/h9-10,13-15H,1-8H2/t9-,10?/m0/s1. The quantitative estimate of drug-likeness (QED) is 0.201. The number of unbranched alkanes of at least 4 members (excludes halogenated alkanes) is 1. The van der Waals surface area contributed by atoms with Crippen molar-refractivity contribution >= 4 is 27.9 Å². The van der Waals surface area contributed by atoms with E-state index in [0.29, 0.717) is 12.7 Å². The van der Waals surface area contributed by atoms with Crippen LogP contribution in [0.25, 0.3) is 0 Å². The number of hydrazine groups is 1. The molecule has 0 saturated carbocycles. The molecule has 2 heterocycles. The summed E-state index contributed by atoms with van der Waals surface area (Å²) >= 11 is 4.53. The Labute approximate surface area is 120 Å². The molecule has 2 aliphatic heterocycles. The van der Waals surface area contributed by atoms with Gasteiger partial charge in [0, 0.05) is 19.1 Å². The number of alkyl halides is 1. The second kappa shape index (κ2) is 7.98. The highest BCUT2D eigenvalue weighted by atomic mass is 79.9. The summed E-state index contributed by atoms with van der Waals surface area (Å²) in [6.07, 6.45) is 3.54. The third-order valence-corrected chi connectivity index (χ3v) is 4.89. The highest BCUT2D eigenvalue weighted by Crippen LogP contribution is 2.31. The minimum absolute atomic E-state index is 0.00897. The second-order valence-electron chi connectivity index (χ2n) is 4.59. The lowest BCUT2D eigenvalue weighted by molar-refractivity contribution is 0.0769. The third-order valence-electron chi connectivity index (χ3n) is 3.12. The molecule has 0 bridgehead atoms. The van der Waals surface area contributed by atoms with Crippen molar-refractivity contribution < 1.29 is 4.48 Å². The lowest BCUT2D eigenvalue weighted by Crippen LogP contribution is -2.49. The summed E-state index contributed by atoms with van der Waals surface area (Å²) in [6.45, 7) is 4.49. The Bertz CT molecular complexity index is 246. The zero-order valence-corrected chi connectivity index (χ0v) is 12.8. The predicted octanol–water partition coefficient (Wildman–Crippen LogP) is 1.01. The summed E-state index contributed by atoms with van der Waals surface area (Å²) in [7, 11) is 0. The van der Waals surface area contributed by atoms with Crippen LogP contribution in [0, 0.1) is 0 Å². The van der Waals surface area contributed by atoms with Crippen LogP contribution in [-0.4, -0.2) is 52.7 Å². The molecule has 0 radical (unpaired) electrons. The van der Waals surface area contributed by atoms with Crippen molar-refractivity contribution in [2.45, 2.75) is 29.6 Å². The molecule has 2 atom stereocenters. The Kier molecular flexibility index (Phi) is 6.63. The number of nitrogens with one attached hydrogen (secondary N) is 3. The molecule has 2 saturated heterocycles. The average Bonchev–Trinajstić information content (AvgIpc) is 2.59. The van der Waals surface area contributed by atoms with Gasteiger partial charge < -0.3 is 10.6 Å². The first-order valence-corrected chi connectivity index (χ1v) is 8.19. The third kappa shape index (κ3) is 4.92. The van der Waals surface area contributed by atoms with E-state index in [1.807, 2.05) is 5.01 Å². The van der Waals surface area contributed by atoms with E-state index in [2.05, 4.69) is 32.0 Å². The van der Waals surface area contributed by atoms with E-state index in [0.717, 1.165) is 49.0 Å². The first-order valence-electron chi connectivity index (χ1n) is 6.44. The normalized spacial score (nSPS) is 29.7. The van der Waals surface area contributed by atoms with Gasteiger partial charge in [-0.1, -0.05) is 20.5 Å². The highest BCUT2D eigenvalue weighted by Gasteiger charge is 2.29. The average molecular weight is 342 g/mol. The van der Waals surface area contributed by atoms with Crippen LogP contribution in [0.5, 0.6) is 0 Å². The summed E-state index contributed by atoms with van der Waals surface area (Å²) in [6, 6.07) is 0.689. The molecule has 1 unspecified atom stereocenters. The molecule has 8 heteroatoms. The molecule has 0 aromatic carbocycles. The van der Waals surface area contributed by atoms with Gasteiger partial charge in [-0.05, 0) is 44.3 Å². The van der Waals surface area contributed by atoms with E-state index in [-0.39, 0.29) is 4.28 Å². The zero-order chi connectivity index (χ0) is 12.8. The molecule has 3 N–H and O–H groups in total. The van der Waals surface area contributed by atoms with Crippen molar-refractivity contribution in [2.24, 2.45) is 0 Å². The molecule has 2 fully saturated rings. The maximum Gasteiger partial charge on any atom is 0.143 e. The van der Waals surface area contributed by atoms with Gasteiger partial charge in [0.15, 0.2) is 0 Å². The lowest BCUT2D eigenvalue weighted by Gasteiger charge is -2.27. The maximum absolute atomic E-state index is 12.9. The lowest BCUT2D eigenvalue weighted by atomic mass is 10.1. The minimum Gasteiger partial charge on any atom is -0.315 e. The van der Waals surface area contributed by atoms with Crippen molar-refractivity contribution in [3.63, 3.8) is 0 Å². The molecule has 0 aromatic rings. The van der Waals surface area contributed by atoms with Crippen LogP contribution < -0.4 is 16.1 Å². The largest absolute Gasteiger partial charge is 0.315 e. The Balaban J connectivity index is 1.39. The van der Waals surface area contributed by atoms with Crippen molar-refractivity contribution in [2.75, 3.05) is 32.8 Å². The molecular formula is C10H21BrFN5S. The Morgan fingerprint density at radius 3 is 2.78 bits per heavy atom. The van der Waals surface area contributed by atoms with Gasteiger partial charge in [-0.25, -0.2) is 5.01 Å². The summed E-state index contributed by atoms with van der Waals surface area (Å²) < 4.78 is 13.6. The number of hydrogen-bond acceptors (Lipinski definition) is 6. The van der Waals surface area contributed by atoms with Crippen LogP contribution in [-0.2, 0) is 0 Å². The van der Waals surface area contributed by atoms with Crippen LogP contribution in [0.15, 0.2) is 0 Å². The van der Waals surface area contributed by atoms with Crippen LogP contribution in [0.2, 0.25) is 0 Å². The fourth-order valence-electron chi connectivity index (χ4n) is 1.89. The van der Waals surface area contributed by atoms with Gasteiger partial charge in [0.25, 0.3) is 0 Å². The molecule has 2 rings (SSSR count). The van der Waals surface area contributed by atoms with Crippen molar-refractivity contribution in [3.05, 3.63) is 0 Å². The predicted molar refractivity (Wildman–Crippen MR) is 76.5 cm³/mol. The van der Waals surface area contributed by atoms with Crippen molar-refractivity contribution in [3.8, 4) is 0 Å². The molecule has 0 aliphatic carbocycles. The van der Waals surface area contributed by atoms with E-state index in [4.69, 9.17) is 0 Å². The van der Waals surface area contributed by atoms with E-state index >= 15 is 0 Å². The molecule has 0 amide bonds. The molecular weight excluding hydrogens is 321 g/mol. The Hall–Kier alpha value is 0.560. The summed E-state index contributed by atoms with van der Waals surface area (Å²) in [5, 5.41) is 8.67. The highest BCUT2D eigenvalue weighted by molar-refractivity contribution is 9.11. The van der Waals surface area contributed by atoms with E-state index in [1.54, 1.807) is 0 Å². The maximum atomic E-state index is 12.9. The second-order valence-corrected chi connectivity index (χ2v) is 7.11. The van der Waals surface area contributed by atoms with Gasteiger partial charge in [-0.3, -0.25) is 5.43 Å². The topological polar surface area (TPSA) is 42.6 Å². The van der Waals surface area contributed by atoms with E-state index < -0.39 is 0 Å². The molecule has 0 aromatic heterocycles. The zero-order valence-electron chi connectivity index (χ0n) is 10.4. The summed E-state index contributed by atoms with van der Waals surface area (Å²) in [4.78, 5) is 0. The van der Waals surface area contributed by atoms with Crippen LogP contribution >= 0.6 is 27.9 Å². The number of nitrogens with zero attached hydrogens (tertiary/aromatic N) is 2. The Morgan fingerprint density at radius 2 is 2.17 bits per heavy atom. The molecule has 106 valence electrons. The smallest absolute Gasteiger partial charge is 0.143 e. The number of halogens is 2. The fourth-order valence-corrected chi connectivity index (χ4v) is 3.34. The molecule has 18 heavy (non-hydrogen) atoms. The minimum atomic E-state index is -0.00897. The monoisotopic (exact) mass is 341 g/mol. The first-order chi connectivity index (χ1) is 8.75. The van der Waals surface area contributed by atoms with Gasteiger partial charge >= 0.3 is 0 Å².